The van der Waals surface area contributed by atoms with Crippen molar-refractivity contribution in [2.45, 2.75) is 24.4 Å². The minimum atomic E-state index is -0.0464. The summed E-state index contributed by atoms with van der Waals surface area (Å²) in [6, 6.07) is 8.69. The molecule has 0 heterocycles. The average molecular weight is 172 g/mol. The van der Waals surface area contributed by atoms with Crippen molar-refractivity contribution in [2.24, 2.45) is 11.8 Å². The van der Waals surface area contributed by atoms with Gasteiger partial charge in [-0.25, -0.2) is 0 Å². The summed E-state index contributed by atoms with van der Waals surface area (Å²) >= 11 is 0. The second kappa shape index (κ2) is 1.83. The molecule has 0 saturated heterocycles. The van der Waals surface area contributed by atoms with Crippen LogP contribution in [0.15, 0.2) is 24.3 Å². The van der Waals surface area contributed by atoms with E-state index in [1.54, 1.807) is 5.56 Å². The predicted octanol–water partition coefficient (Wildman–Crippen LogP) is 1.88. The average Bonchev–Trinajstić information content (AvgIpc) is 2.62. The van der Waals surface area contributed by atoms with Crippen LogP contribution in [-0.4, -0.2) is 11.2 Å². The minimum Gasteiger partial charge on any atom is -0.392 e. The lowest BCUT2D eigenvalue weighted by atomic mass is 9.96. The Balaban J connectivity index is 1.97. The summed E-state index contributed by atoms with van der Waals surface area (Å²) in [5.74, 6) is 2.96. The molecular weight excluding hydrogens is 160 g/mol. The fourth-order valence-corrected chi connectivity index (χ4v) is 3.85. The van der Waals surface area contributed by atoms with Crippen LogP contribution in [0.1, 0.15) is 29.4 Å². The number of benzene rings is 1. The SMILES string of the molecule is OC1CC2C3c4ccccc4C1C23. The summed E-state index contributed by atoms with van der Waals surface area (Å²) in [6.45, 7) is 0. The largest absolute Gasteiger partial charge is 0.392 e. The first-order valence-corrected chi connectivity index (χ1v) is 5.15. The molecule has 0 aromatic heterocycles. The quantitative estimate of drug-likeness (QED) is 0.633. The van der Waals surface area contributed by atoms with Gasteiger partial charge in [0.1, 0.15) is 0 Å². The highest BCUT2D eigenvalue weighted by Crippen LogP contribution is 2.73. The Morgan fingerprint density at radius 2 is 1.77 bits per heavy atom. The molecule has 2 saturated carbocycles. The molecule has 5 atom stereocenters. The van der Waals surface area contributed by atoms with E-state index in [1.165, 1.54) is 5.56 Å². The summed E-state index contributed by atoms with van der Waals surface area (Å²) in [6.07, 6.45) is 1.00. The molecule has 2 fully saturated rings. The number of rotatable bonds is 0. The van der Waals surface area contributed by atoms with Crippen molar-refractivity contribution in [3.63, 3.8) is 0 Å². The Morgan fingerprint density at radius 1 is 1.08 bits per heavy atom. The van der Waals surface area contributed by atoms with Crippen molar-refractivity contribution < 1.29 is 5.11 Å². The molecule has 0 amide bonds. The maximum atomic E-state index is 9.86. The normalized spacial score (nSPS) is 48.8. The predicted molar refractivity (Wildman–Crippen MR) is 49.5 cm³/mol. The molecule has 1 nitrogen and oxygen atoms in total. The number of aliphatic hydroxyl groups is 1. The molecule has 13 heavy (non-hydrogen) atoms. The van der Waals surface area contributed by atoms with E-state index in [0.29, 0.717) is 5.92 Å². The van der Waals surface area contributed by atoms with Crippen LogP contribution < -0.4 is 0 Å². The van der Waals surface area contributed by atoms with Crippen molar-refractivity contribution in [3.05, 3.63) is 35.4 Å². The van der Waals surface area contributed by atoms with Gasteiger partial charge in [0.2, 0.25) is 0 Å². The van der Waals surface area contributed by atoms with Crippen LogP contribution in [0.5, 0.6) is 0 Å². The van der Waals surface area contributed by atoms with Gasteiger partial charge in [-0.2, -0.15) is 0 Å². The van der Waals surface area contributed by atoms with E-state index in [0.717, 1.165) is 24.2 Å². The molecule has 0 radical (unpaired) electrons. The molecular formula is C12H12O. The molecule has 66 valence electrons. The van der Waals surface area contributed by atoms with Crippen molar-refractivity contribution in [3.8, 4) is 0 Å². The topological polar surface area (TPSA) is 20.2 Å². The monoisotopic (exact) mass is 172 g/mol. The molecule has 5 unspecified atom stereocenters. The Kier molecular flexibility index (Phi) is 0.929. The van der Waals surface area contributed by atoms with Crippen LogP contribution in [0.3, 0.4) is 0 Å². The highest BCUT2D eigenvalue weighted by molar-refractivity contribution is 5.50. The van der Waals surface area contributed by atoms with Gasteiger partial charge in [0.15, 0.2) is 0 Å². The molecule has 0 aliphatic heterocycles. The fraction of sp³-hybridized carbons (Fsp3) is 0.500. The van der Waals surface area contributed by atoms with E-state index in [1.807, 2.05) is 0 Å². The second-order valence-corrected chi connectivity index (χ2v) is 4.72. The maximum Gasteiger partial charge on any atom is 0.0614 e. The van der Waals surface area contributed by atoms with E-state index < -0.39 is 0 Å². The molecule has 0 spiro atoms. The van der Waals surface area contributed by atoms with E-state index in [4.69, 9.17) is 0 Å². The number of aliphatic hydroxyl groups excluding tert-OH is 1. The zero-order valence-electron chi connectivity index (χ0n) is 7.35. The number of fused-ring (bicyclic) bond motifs is 4. The van der Waals surface area contributed by atoms with Gasteiger partial charge < -0.3 is 5.11 Å². The third-order valence-electron chi connectivity index (χ3n) is 4.29. The molecule has 1 heteroatoms. The zero-order valence-corrected chi connectivity index (χ0v) is 7.35. The van der Waals surface area contributed by atoms with Crippen LogP contribution in [0.4, 0.5) is 0 Å². The van der Waals surface area contributed by atoms with E-state index >= 15 is 0 Å². The van der Waals surface area contributed by atoms with Crippen LogP contribution in [0.2, 0.25) is 0 Å². The van der Waals surface area contributed by atoms with Gasteiger partial charge in [-0.3, -0.25) is 0 Å². The molecule has 1 aromatic carbocycles. The van der Waals surface area contributed by atoms with E-state index in [9.17, 15) is 5.11 Å². The number of hydrogen-bond donors (Lipinski definition) is 1. The molecule has 0 bridgehead atoms. The van der Waals surface area contributed by atoms with Crippen LogP contribution >= 0.6 is 0 Å². The van der Waals surface area contributed by atoms with Crippen molar-refractivity contribution in [2.75, 3.05) is 0 Å². The molecule has 4 rings (SSSR count). The smallest absolute Gasteiger partial charge is 0.0614 e. The second-order valence-electron chi connectivity index (χ2n) is 4.72. The van der Waals surface area contributed by atoms with Gasteiger partial charge in [-0.1, -0.05) is 24.3 Å². The van der Waals surface area contributed by atoms with Crippen molar-refractivity contribution in [1.29, 1.82) is 0 Å². The van der Waals surface area contributed by atoms with Gasteiger partial charge in [0.05, 0.1) is 6.10 Å². The maximum absolute atomic E-state index is 9.86. The molecule has 3 aliphatic rings. The zero-order chi connectivity index (χ0) is 8.58. The summed E-state index contributed by atoms with van der Waals surface area (Å²) in [4.78, 5) is 0. The summed E-state index contributed by atoms with van der Waals surface area (Å²) in [5, 5.41) is 9.86. The molecule has 1 N–H and O–H groups in total. The van der Waals surface area contributed by atoms with E-state index in [-0.39, 0.29) is 6.10 Å². The van der Waals surface area contributed by atoms with Gasteiger partial charge in [0, 0.05) is 5.92 Å². The standard InChI is InChI=1S/C12H12O/c13-9-5-8-10-6-3-1-2-4-7(6)11(9)12(8)10/h1-4,8-13H,5H2. The lowest BCUT2D eigenvalue weighted by molar-refractivity contribution is 0.150. The Morgan fingerprint density at radius 3 is 2.54 bits per heavy atom. The van der Waals surface area contributed by atoms with Crippen LogP contribution in [0.25, 0.3) is 0 Å². The Hall–Kier alpha value is -0.820. The first-order chi connectivity index (χ1) is 6.38. The molecule has 1 aromatic rings. The first kappa shape index (κ1) is 6.61. The van der Waals surface area contributed by atoms with E-state index in [2.05, 4.69) is 24.3 Å². The fourth-order valence-electron chi connectivity index (χ4n) is 3.85. The van der Waals surface area contributed by atoms with Crippen LogP contribution in [0, 0.1) is 11.8 Å². The molecule has 3 aliphatic carbocycles. The summed E-state index contributed by atoms with van der Waals surface area (Å²) in [5.41, 5.74) is 2.98. The Bertz CT molecular complexity index is 384. The lowest BCUT2D eigenvalue weighted by Crippen LogP contribution is -2.12. The third-order valence-corrected chi connectivity index (χ3v) is 4.29. The van der Waals surface area contributed by atoms with Gasteiger partial charge in [-0.05, 0) is 35.3 Å². The summed E-state index contributed by atoms with van der Waals surface area (Å²) in [7, 11) is 0. The van der Waals surface area contributed by atoms with Gasteiger partial charge in [0.25, 0.3) is 0 Å². The van der Waals surface area contributed by atoms with Gasteiger partial charge in [-0.15, -0.1) is 0 Å². The third kappa shape index (κ3) is 0.584. The summed E-state index contributed by atoms with van der Waals surface area (Å²) < 4.78 is 0. The van der Waals surface area contributed by atoms with Crippen LogP contribution in [-0.2, 0) is 0 Å². The lowest BCUT2D eigenvalue weighted by Gasteiger charge is -2.13. The highest BCUT2D eigenvalue weighted by atomic mass is 16.3. The first-order valence-electron chi connectivity index (χ1n) is 5.15. The van der Waals surface area contributed by atoms with Gasteiger partial charge >= 0.3 is 0 Å². The van der Waals surface area contributed by atoms with Crippen molar-refractivity contribution >= 4 is 0 Å². The number of hydrogen-bond acceptors (Lipinski definition) is 1. The highest BCUT2D eigenvalue weighted by Gasteiger charge is 2.66. The van der Waals surface area contributed by atoms with Crippen molar-refractivity contribution in [1.82, 2.24) is 0 Å². The Labute approximate surface area is 77.4 Å². The minimum absolute atomic E-state index is 0.0464.